The van der Waals surface area contributed by atoms with E-state index >= 15 is 0 Å². The number of methoxy groups -OCH3 is 1. The van der Waals surface area contributed by atoms with Crippen LogP contribution in [0.15, 0.2) is 24.4 Å². The van der Waals surface area contributed by atoms with Gasteiger partial charge in [0.15, 0.2) is 5.65 Å². The number of alkyl halides is 1. The van der Waals surface area contributed by atoms with Crippen molar-refractivity contribution in [2.45, 2.75) is 43.3 Å². The Morgan fingerprint density at radius 3 is 2.81 bits per heavy atom. The van der Waals surface area contributed by atoms with Crippen molar-refractivity contribution < 1.29 is 13.9 Å². The summed E-state index contributed by atoms with van der Waals surface area (Å²) in [6, 6.07) is 5.70. The van der Waals surface area contributed by atoms with E-state index < -0.39 is 6.17 Å². The third kappa shape index (κ3) is 3.49. The highest BCUT2D eigenvalue weighted by Crippen LogP contribution is 2.43. The number of anilines is 1. The van der Waals surface area contributed by atoms with Gasteiger partial charge in [-0.3, -0.25) is 0 Å². The number of rotatable bonds is 6. The van der Waals surface area contributed by atoms with Crippen LogP contribution in [0.3, 0.4) is 0 Å². The van der Waals surface area contributed by atoms with Crippen LogP contribution in [0.1, 0.15) is 42.4 Å². The molecule has 2 atom stereocenters. The number of nitrogens with zero attached hydrogens (tertiary/aromatic N) is 4. The zero-order chi connectivity index (χ0) is 21.7. The number of fused-ring (bicyclic) bond motifs is 1. The molecule has 2 aliphatic heterocycles. The maximum atomic E-state index is 14.6. The largest absolute Gasteiger partial charge is 0.495 e. The smallest absolute Gasteiger partial charge is 0.157 e. The van der Waals surface area contributed by atoms with Gasteiger partial charge in [-0.25, -0.2) is 18.9 Å². The van der Waals surface area contributed by atoms with Gasteiger partial charge in [0.2, 0.25) is 0 Å². The topological polar surface area (TPSA) is 85.6 Å². The van der Waals surface area contributed by atoms with Gasteiger partial charge >= 0.3 is 0 Å². The van der Waals surface area contributed by atoms with Gasteiger partial charge in [-0.1, -0.05) is 6.07 Å². The summed E-state index contributed by atoms with van der Waals surface area (Å²) in [6.45, 7) is 2.62. The summed E-state index contributed by atoms with van der Waals surface area (Å²) in [5, 5.41) is 11.5. The maximum Gasteiger partial charge on any atom is 0.157 e. The SMILES string of the molecule is COc1cc2ncc(-c3ccc(C4COC4)c(NC4CNCCC4F)n3)n2nc1C1CC1. The van der Waals surface area contributed by atoms with Gasteiger partial charge in [0, 0.05) is 30.0 Å². The number of nitrogens with one attached hydrogen (secondary N) is 2. The van der Waals surface area contributed by atoms with Crippen LogP contribution in [0, 0.1) is 0 Å². The van der Waals surface area contributed by atoms with Gasteiger partial charge in [-0.15, -0.1) is 0 Å². The molecule has 168 valence electrons. The van der Waals surface area contributed by atoms with E-state index in [9.17, 15) is 4.39 Å². The third-order valence-corrected chi connectivity index (χ3v) is 6.66. The quantitative estimate of drug-likeness (QED) is 0.612. The minimum Gasteiger partial charge on any atom is -0.495 e. The van der Waals surface area contributed by atoms with E-state index in [1.54, 1.807) is 13.3 Å². The second kappa shape index (κ2) is 7.97. The lowest BCUT2D eigenvalue weighted by molar-refractivity contribution is 0.00855. The number of aromatic nitrogens is 4. The molecular weight excluding hydrogens is 411 g/mol. The Morgan fingerprint density at radius 1 is 1.22 bits per heavy atom. The molecule has 2 unspecified atom stereocenters. The highest BCUT2D eigenvalue weighted by molar-refractivity contribution is 5.64. The molecule has 0 amide bonds. The Kier molecular flexibility index (Phi) is 4.95. The van der Waals surface area contributed by atoms with Crippen LogP contribution in [-0.2, 0) is 4.74 Å². The van der Waals surface area contributed by atoms with Crippen LogP contribution < -0.4 is 15.4 Å². The molecule has 1 saturated carbocycles. The van der Waals surface area contributed by atoms with E-state index in [-0.39, 0.29) is 12.0 Å². The first kappa shape index (κ1) is 19.9. The first-order valence-corrected chi connectivity index (χ1v) is 11.3. The molecule has 5 heterocycles. The van der Waals surface area contributed by atoms with Crippen molar-refractivity contribution in [3.63, 3.8) is 0 Å². The van der Waals surface area contributed by atoms with E-state index in [2.05, 4.69) is 21.7 Å². The second-order valence-electron chi connectivity index (χ2n) is 8.91. The van der Waals surface area contributed by atoms with Gasteiger partial charge in [-0.05, 0) is 31.9 Å². The molecule has 3 aliphatic rings. The molecule has 3 aromatic rings. The monoisotopic (exact) mass is 438 g/mol. The molecule has 8 nitrogen and oxygen atoms in total. The molecule has 1 aliphatic carbocycles. The van der Waals surface area contributed by atoms with Crippen molar-refractivity contribution in [2.24, 2.45) is 0 Å². The minimum atomic E-state index is -0.904. The fourth-order valence-electron chi connectivity index (χ4n) is 4.51. The molecule has 0 spiro atoms. The first-order chi connectivity index (χ1) is 15.7. The fourth-order valence-corrected chi connectivity index (χ4v) is 4.51. The van der Waals surface area contributed by atoms with Crippen LogP contribution in [-0.4, -0.2) is 65.2 Å². The van der Waals surface area contributed by atoms with Gasteiger partial charge in [0.25, 0.3) is 0 Å². The molecule has 32 heavy (non-hydrogen) atoms. The molecule has 0 radical (unpaired) electrons. The van der Waals surface area contributed by atoms with E-state index in [1.807, 2.05) is 16.6 Å². The Balaban J connectivity index is 1.40. The number of halogens is 1. The Morgan fingerprint density at radius 2 is 2.09 bits per heavy atom. The second-order valence-corrected chi connectivity index (χ2v) is 8.91. The predicted molar refractivity (Wildman–Crippen MR) is 118 cm³/mol. The summed E-state index contributed by atoms with van der Waals surface area (Å²) < 4.78 is 27.3. The average molecular weight is 439 g/mol. The summed E-state index contributed by atoms with van der Waals surface area (Å²) >= 11 is 0. The summed E-state index contributed by atoms with van der Waals surface area (Å²) in [5.41, 5.74) is 4.31. The van der Waals surface area contributed by atoms with Crippen molar-refractivity contribution in [2.75, 3.05) is 38.7 Å². The van der Waals surface area contributed by atoms with Gasteiger partial charge in [0.05, 0.1) is 38.3 Å². The Hall–Kier alpha value is -2.78. The molecule has 2 N–H and O–H groups in total. The summed E-state index contributed by atoms with van der Waals surface area (Å²) in [4.78, 5) is 9.47. The molecule has 9 heteroatoms. The van der Waals surface area contributed by atoms with Crippen molar-refractivity contribution in [1.82, 2.24) is 24.9 Å². The molecule has 3 aromatic heterocycles. The standard InChI is InChI=1S/C23H27FN6O2/c1-31-20-8-21-26-10-19(30(21)29-22(20)13-2-3-13)17-5-4-15(14-11-32-12-14)23(27-17)28-18-9-25-7-6-16(18)24/h4-5,8,10,13-14,16,18,25H,2-3,6-7,9,11-12H2,1H3,(H,27,28). The maximum absolute atomic E-state index is 14.6. The molecule has 2 saturated heterocycles. The number of ether oxygens (including phenoxy) is 2. The Bertz CT molecular complexity index is 1140. The van der Waals surface area contributed by atoms with E-state index in [4.69, 9.17) is 19.6 Å². The van der Waals surface area contributed by atoms with E-state index in [0.29, 0.717) is 44.3 Å². The van der Waals surface area contributed by atoms with Crippen molar-refractivity contribution in [3.8, 4) is 17.1 Å². The minimum absolute atomic E-state index is 0.278. The van der Waals surface area contributed by atoms with Crippen LogP contribution in [0.4, 0.5) is 10.2 Å². The third-order valence-electron chi connectivity index (χ3n) is 6.66. The highest BCUT2D eigenvalue weighted by atomic mass is 19.1. The van der Waals surface area contributed by atoms with Crippen molar-refractivity contribution >= 4 is 11.5 Å². The number of hydrogen-bond donors (Lipinski definition) is 2. The molecule has 0 bridgehead atoms. The summed E-state index contributed by atoms with van der Waals surface area (Å²) in [7, 11) is 1.67. The lowest BCUT2D eigenvalue weighted by atomic mass is 9.96. The molecule has 0 aromatic carbocycles. The van der Waals surface area contributed by atoms with Crippen LogP contribution in [0.5, 0.6) is 5.75 Å². The van der Waals surface area contributed by atoms with E-state index in [0.717, 1.165) is 47.1 Å². The molecule has 6 rings (SSSR count). The van der Waals surface area contributed by atoms with Gasteiger partial charge in [-0.2, -0.15) is 5.10 Å². The zero-order valence-electron chi connectivity index (χ0n) is 18.1. The Labute approximate surface area is 185 Å². The number of piperidine rings is 1. The molecular formula is C23H27FN6O2. The lowest BCUT2D eigenvalue weighted by Crippen LogP contribution is -2.46. The van der Waals surface area contributed by atoms with Crippen LogP contribution >= 0.6 is 0 Å². The van der Waals surface area contributed by atoms with Crippen molar-refractivity contribution in [1.29, 1.82) is 0 Å². The summed E-state index contributed by atoms with van der Waals surface area (Å²) in [5.74, 6) is 2.22. The van der Waals surface area contributed by atoms with E-state index in [1.165, 1.54) is 0 Å². The van der Waals surface area contributed by atoms with Crippen LogP contribution in [0.2, 0.25) is 0 Å². The first-order valence-electron chi connectivity index (χ1n) is 11.3. The van der Waals surface area contributed by atoms with Crippen LogP contribution in [0.25, 0.3) is 17.0 Å². The number of pyridine rings is 1. The average Bonchev–Trinajstić information content (AvgIpc) is 3.54. The van der Waals surface area contributed by atoms with Crippen molar-refractivity contribution in [3.05, 3.63) is 35.7 Å². The summed E-state index contributed by atoms with van der Waals surface area (Å²) in [6.07, 6.45) is 3.64. The lowest BCUT2D eigenvalue weighted by Gasteiger charge is -2.32. The number of hydrogen-bond acceptors (Lipinski definition) is 7. The normalized spacial score (nSPS) is 23.8. The molecule has 3 fully saturated rings. The van der Waals surface area contributed by atoms with Gasteiger partial charge in [0.1, 0.15) is 29.1 Å². The van der Waals surface area contributed by atoms with Gasteiger partial charge < -0.3 is 20.1 Å². The fraction of sp³-hybridized carbons (Fsp3) is 0.522. The number of imidazole rings is 1. The zero-order valence-corrected chi connectivity index (χ0v) is 18.1. The predicted octanol–water partition coefficient (Wildman–Crippen LogP) is 2.90. The highest BCUT2D eigenvalue weighted by Gasteiger charge is 2.31.